The monoisotopic (exact) mass is 304 g/mol. The Kier molecular flexibility index (Phi) is 3.96. The van der Waals surface area contributed by atoms with Crippen molar-refractivity contribution in [2.24, 2.45) is 0 Å². The Bertz CT molecular complexity index is 619. The first-order chi connectivity index (χ1) is 10.1. The van der Waals surface area contributed by atoms with Crippen molar-refractivity contribution in [2.75, 3.05) is 24.3 Å². The Labute approximate surface area is 129 Å². The van der Waals surface area contributed by atoms with E-state index < -0.39 is 0 Å². The number of rotatable bonds is 4. The van der Waals surface area contributed by atoms with Crippen molar-refractivity contribution in [3.8, 4) is 0 Å². The van der Waals surface area contributed by atoms with Crippen molar-refractivity contribution < 1.29 is 4.84 Å². The summed E-state index contributed by atoms with van der Waals surface area (Å²) in [6, 6.07) is 11.7. The van der Waals surface area contributed by atoms with E-state index in [2.05, 4.69) is 17.3 Å². The summed E-state index contributed by atoms with van der Waals surface area (Å²) in [7, 11) is 1.88. The van der Waals surface area contributed by atoms with E-state index >= 15 is 0 Å². The van der Waals surface area contributed by atoms with Crippen molar-refractivity contribution in [3.63, 3.8) is 0 Å². The molecule has 1 aliphatic heterocycles. The summed E-state index contributed by atoms with van der Waals surface area (Å²) in [4.78, 5) is 10.2. The quantitative estimate of drug-likeness (QED) is 0.936. The standard InChI is InChI=1S/C15H17ClN4O/c1-11(12-5-7-13(16)8-6-12)10-21-20-15-14(18-19(20)2)4-3-9-17-15/h3-9,11,18H,10H2,1-2H3/t11-/m0/s1. The zero-order valence-electron chi connectivity index (χ0n) is 12.0. The van der Waals surface area contributed by atoms with Crippen LogP contribution in [0.15, 0.2) is 42.6 Å². The van der Waals surface area contributed by atoms with E-state index in [1.54, 1.807) is 16.5 Å². The van der Waals surface area contributed by atoms with Crippen LogP contribution in [0.4, 0.5) is 11.5 Å². The number of nitrogens with zero attached hydrogens (tertiary/aromatic N) is 3. The molecule has 0 aliphatic carbocycles. The Balaban J connectivity index is 1.66. The van der Waals surface area contributed by atoms with Crippen molar-refractivity contribution in [2.45, 2.75) is 12.8 Å². The van der Waals surface area contributed by atoms with Gasteiger partial charge in [-0.15, -0.1) is 10.3 Å². The first kappa shape index (κ1) is 14.1. The summed E-state index contributed by atoms with van der Waals surface area (Å²) >= 11 is 5.91. The lowest BCUT2D eigenvalue weighted by Gasteiger charge is -2.25. The van der Waals surface area contributed by atoms with E-state index in [9.17, 15) is 0 Å². The van der Waals surface area contributed by atoms with Gasteiger partial charge in [-0.05, 0) is 29.8 Å². The minimum Gasteiger partial charge on any atom is -0.296 e. The summed E-state index contributed by atoms with van der Waals surface area (Å²) < 4.78 is 0. The van der Waals surface area contributed by atoms with Gasteiger partial charge in [0, 0.05) is 24.2 Å². The topological polar surface area (TPSA) is 40.6 Å². The van der Waals surface area contributed by atoms with Gasteiger partial charge in [0.25, 0.3) is 0 Å². The minimum atomic E-state index is 0.253. The fourth-order valence-corrected chi connectivity index (χ4v) is 2.34. The van der Waals surface area contributed by atoms with Crippen LogP contribution >= 0.6 is 11.6 Å². The van der Waals surface area contributed by atoms with Crippen LogP contribution in [-0.2, 0) is 4.84 Å². The van der Waals surface area contributed by atoms with Crippen LogP contribution in [0, 0.1) is 0 Å². The average Bonchev–Trinajstić information content (AvgIpc) is 2.81. The Morgan fingerprint density at radius 2 is 2.05 bits per heavy atom. The predicted molar refractivity (Wildman–Crippen MR) is 83.9 cm³/mol. The molecule has 0 spiro atoms. The molecule has 6 heteroatoms. The van der Waals surface area contributed by atoms with Crippen molar-refractivity contribution >= 4 is 23.1 Å². The number of pyridine rings is 1. The fourth-order valence-electron chi connectivity index (χ4n) is 2.22. The van der Waals surface area contributed by atoms with Gasteiger partial charge < -0.3 is 0 Å². The molecule has 1 N–H and O–H groups in total. The van der Waals surface area contributed by atoms with Crippen molar-refractivity contribution in [3.05, 3.63) is 53.2 Å². The lowest BCUT2D eigenvalue weighted by Crippen LogP contribution is -2.39. The highest BCUT2D eigenvalue weighted by atomic mass is 35.5. The van der Waals surface area contributed by atoms with Crippen LogP contribution in [0.3, 0.4) is 0 Å². The first-order valence-corrected chi connectivity index (χ1v) is 7.17. The van der Waals surface area contributed by atoms with Crippen LogP contribution in [-0.4, -0.2) is 23.8 Å². The summed E-state index contributed by atoms with van der Waals surface area (Å²) in [6.07, 6.45) is 1.75. The molecular weight excluding hydrogens is 288 g/mol. The normalized spacial score (nSPS) is 15.7. The van der Waals surface area contributed by atoms with E-state index in [0.29, 0.717) is 6.61 Å². The maximum atomic E-state index is 5.91. The Hall–Kier alpha value is -1.82. The van der Waals surface area contributed by atoms with Crippen LogP contribution in [0.2, 0.25) is 5.02 Å². The highest BCUT2D eigenvalue weighted by Gasteiger charge is 2.26. The molecule has 1 aromatic heterocycles. The number of anilines is 2. The Morgan fingerprint density at radius 1 is 1.29 bits per heavy atom. The molecule has 3 rings (SSSR count). The zero-order valence-corrected chi connectivity index (χ0v) is 12.7. The van der Waals surface area contributed by atoms with E-state index in [1.807, 2.05) is 43.4 Å². The fraction of sp³-hybridized carbons (Fsp3) is 0.267. The van der Waals surface area contributed by atoms with Gasteiger partial charge in [-0.25, -0.2) is 4.98 Å². The molecule has 0 saturated carbocycles. The van der Waals surface area contributed by atoms with Gasteiger partial charge in [-0.2, -0.15) is 0 Å². The summed E-state index contributed by atoms with van der Waals surface area (Å²) in [5.41, 5.74) is 5.29. The number of fused-ring (bicyclic) bond motifs is 1. The highest BCUT2D eigenvalue weighted by molar-refractivity contribution is 6.30. The SMILES string of the molecule is C[C@@H](CON1c2ncccc2NN1C)c1ccc(Cl)cc1. The molecule has 2 heterocycles. The molecular formula is C15H17ClN4O. The summed E-state index contributed by atoms with van der Waals surface area (Å²) in [5, 5.41) is 4.18. The number of hydrogen-bond acceptors (Lipinski definition) is 5. The van der Waals surface area contributed by atoms with E-state index in [0.717, 1.165) is 16.5 Å². The van der Waals surface area contributed by atoms with E-state index in [1.165, 1.54) is 5.56 Å². The van der Waals surface area contributed by atoms with Gasteiger partial charge in [-0.3, -0.25) is 10.3 Å². The molecule has 1 aliphatic rings. The van der Waals surface area contributed by atoms with Crippen LogP contribution in [0.25, 0.3) is 0 Å². The highest BCUT2D eigenvalue weighted by Crippen LogP contribution is 2.31. The minimum absolute atomic E-state index is 0.253. The maximum absolute atomic E-state index is 5.91. The lowest BCUT2D eigenvalue weighted by atomic mass is 10.0. The van der Waals surface area contributed by atoms with Crippen LogP contribution < -0.4 is 10.6 Å². The molecule has 0 fully saturated rings. The summed E-state index contributed by atoms with van der Waals surface area (Å²) in [6.45, 7) is 2.66. The van der Waals surface area contributed by atoms with Crippen molar-refractivity contribution in [1.82, 2.24) is 10.1 Å². The number of halogens is 1. The summed E-state index contributed by atoms with van der Waals surface area (Å²) in [5.74, 6) is 1.02. The molecule has 110 valence electrons. The van der Waals surface area contributed by atoms with Crippen LogP contribution in [0.5, 0.6) is 0 Å². The molecule has 0 bridgehead atoms. The molecule has 1 atom stereocenters. The second-order valence-electron chi connectivity index (χ2n) is 5.03. The Morgan fingerprint density at radius 3 is 2.81 bits per heavy atom. The molecule has 0 saturated heterocycles. The van der Waals surface area contributed by atoms with Crippen LogP contribution in [0.1, 0.15) is 18.4 Å². The number of hydrazine groups is 2. The first-order valence-electron chi connectivity index (χ1n) is 6.79. The molecule has 0 radical (unpaired) electrons. The van der Waals surface area contributed by atoms with E-state index in [4.69, 9.17) is 16.4 Å². The number of nitrogens with one attached hydrogen (secondary N) is 1. The predicted octanol–water partition coefficient (Wildman–Crippen LogP) is 3.46. The molecule has 0 amide bonds. The zero-order chi connectivity index (χ0) is 14.8. The number of hydrogen-bond donors (Lipinski definition) is 1. The van der Waals surface area contributed by atoms with Gasteiger partial charge in [0.1, 0.15) is 0 Å². The van der Waals surface area contributed by atoms with Gasteiger partial charge >= 0.3 is 0 Å². The van der Waals surface area contributed by atoms with Gasteiger partial charge in [0.05, 0.1) is 12.3 Å². The number of aromatic nitrogens is 1. The lowest BCUT2D eigenvalue weighted by molar-refractivity contribution is 0.0186. The molecule has 21 heavy (non-hydrogen) atoms. The second-order valence-corrected chi connectivity index (χ2v) is 5.47. The largest absolute Gasteiger partial charge is 0.296 e. The van der Waals surface area contributed by atoms with Gasteiger partial charge in [0.2, 0.25) is 0 Å². The number of benzene rings is 1. The third kappa shape index (κ3) is 2.95. The molecule has 1 aromatic carbocycles. The third-order valence-corrected chi connectivity index (χ3v) is 3.66. The van der Waals surface area contributed by atoms with E-state index in [-0.39, 0.29) is 5.92 Å². The second kappa shape index (κ2) is 5.89. The van der Waals surface area contributed by atoms with Gasteiger partial charge in [-0.1, -0.05) is 30.7 Å². The average molecular weight is 305 g/mol. The molecule has 2 aromatic rings. The molecule has 5 nitrogen and oxygen atoms in total. The van der Waals surface area contributed by atoms with Crippen molar-refractivity contribution in [1.29, 1.82) is 0 Å². The maximum Gasteiger partial charge on any atom is 0.197 e. The van der Waals surface area contributed by atoms with Gasteiger partial charge in [0.15, 0.2) is 5.82 Å². The third-order valence-electron chi connectivity index (χ3n) is 3.41. The molecule has 0 unspecified atom stereocenters. The smallest absolute Gasteiger partial charge is 0.197 e.